The van der Waals surface area contributed by atoms with Gasteiger partial charge in [0.1, 0.15) is 17.7 Å². The normalized spacial score (nSPS) is 15.4. The lowest BCUT2D eigenvalue weighted by Gasteiger charge is -2.33. The summed E-state index contributed by atoms with van der Waals surface area (Å²) < 4.78 is 5.21. The number of rotatable bonds is 7. The minimum Gasteiger partial charge on any atom is -0.497 e. The van der Waals surface area contributed by atoms with Gasteiger partial charge < -0.3 is 10.1 Å². The van der Waals surface area contributed by atoms with Crippen LogP contribution in [-0.2, 0) is 9.59 Å². The third-order valence-corrected chi connectivity index (χ3v) is 5.42. The van der Waals surface area contributed by atoms with E-state index in [1.54, 1.807) is 55.9 Å². The summed E-state index contributed by atoms with van der Waals surface area (Å²) in [5.74, 6) is -0.153. The molecule has 29 heavy (non-hydrogen) atoms. The van der Waals surface area contributed by atoms with Crippen molar-refractivity contribution in [2.24, 2.45) is 0 Å². The first-order valence-corrected chi connectivity index (χ1v) is 10.4. The van der Waals surface area contributed by atoms with Gasteiger partial charge in [-0.15, -0.1) is 11.6 Å². The predicted octanol–water partition coefficient (Wildman–Crippen LogP) is 3.85. The molecule has 1 heterocycles. The average molecular weight is 416 g/mol. The molecule has 3 rings (SSSR count). The number of pyridine rings is 1. The largest absolute Gasteiger partial charge is 0.497 e. The highest BCUT2D eigenvalue weighted by Gasteiger charge is 2.33. The summed E-state index contributed by atoms with van der Waals surface area (Å²) in [5, 5.41) is 3.14. The molecule has 0 radical (unpaired) electrons. The third-order valence-electron chi connectivity index (χ3n) is 5.19. The molecule has 0 bridgehead atoms. The number of anilines is 1. The number of halogens is 1. The van der Waals surface area contributed by atoms with Gasteiger partial charge in [0.05, 0.1) is 7.11 Å². The van der Waals surface area contributed by atoms with Gasteiger partial charge in [-0.05, 0) is 43.2 Å². The molecule has 1 fully saturated rings. The SMILES string of the molecule is COc1ccc(N(C(=O)CCl)[C@@H](C(=O)NC2CCCCC2)c2cccnc2)cc1. The van der Waals surface area contributed by atoms with Gasteiger partial charge >= 0.3 is 0 Å². The van der Waals surface area contributed by atoms with E-state index in [1.165, 1.54) is 11.3 Å². The second-order valence-electron chi connectivity index (χ2n) is 7.13. The van der Waals surface area contributed by atoms with Crippen molar-refractivity contribution in [3.8, 4) is 5.75 Å². The Bertz CT molecular complexity index is 808. The number of nitrogens with zero attached hydrogens (tertiary/aromatic N) is 2. The van der Waals surface area contributed by atoms with Gasteiger partial charge in [0.15, 0.2) is 0 Å². The Balaban J connectivity index is 1.97. The molecule has 0 spiro atoms. The van der Waals surface area contributed by atoms with Crippen LogP contribution in [-0.4, -0.2) is 35.8 Å². The summed E-state index contributed by atoms with van der Waals surface area (Å²) in [7, 11) is 1.58. The van der Waals surface area contributed by atoms with E-state index in [0.29, 0.717) is 17.0 Å². The van der Waals surface area contributed by atoms with Crippen molar-refractivity contribution in [2.45, 2.75) is 44.2 Å². The van der Waals surface area contributed by atoms with Crippen LogP contribution in [0.3, 0.4) is 0 Å². The number of methoxy groups -OCH3 is 1. The first kappa shape index (κ1) is 21.1. The molecule has 1 saturated carbocycles. The molecule has 0 aliphatic heterocycles. The van der Waals surface area contributed by atoms with E-state index >= 15 is 0 Å². The molecule has 1 aromatic carbocycles. The molecule has 0 unspecified atom stereocenters. The van der Waals surface area contributed by atoms with Gasteiger partial charge in [0, 0.05) is 29.7 Å². The Kier molecular flexibility index (Phi) is 7.47. The van der Waals surface area contributed by atoms with Gasteiger partial charge in [-0.2, -0.15) is 0 Å². The zero-order valence-electron chi connectivity index (χ0n) is 16.5. The maximum Gasteiger partial charge on any atom is 0.248 e. The number of nitrogens with one attached hydrogen (secondary N) is 1. The summed E-state index contributed by atoms with van der Waals surface area (Å²) in [4.78, 5) is 31.8. The van der Waals surface area contributed by atoms with Crippen LogP contribution in [0.4, 0.5) is 5.69 Å². The number of carbonyl (C=O) groups excluding carboxylic acids is 2. The van der Waals surface area contributed by atoms with Crippen LogP contribution in [0.25, 0.3) is 0 Å². The van der Waals surface area contributed by atoms with Crippen LogP contribution in [0.5, 0.6) is 5.75 Å². The van der Waals surface area contributed by atoms with E-state index in [2.05, 4.69) is 10.3 Å². The van der Waals surface area contributed by atoms with E-state index in [-0.39, 0.29) is 23.7 Å². The minimum absolute atomic E-state index is 0.124. The summed E-state index contributed by atoms with van der Waals surface area (Å²) in [6.07, 6.45) is 8.57. The molecule has 7 heteroatoms. The van der Waals surface area contributed by atoms with Crippen LogP contribution in [0.2, 0.25) is 0 Å². The highest BCUT2D eigenvalue weighted by atomic mass is 35.5. The van der Waals surface area contributed by atoms with Crippen molar-refractivity contribution in [3.05, 3.63) is 54.4 Å². The Morgan fingerprint density at radius 3 is 2.52 bits per heavy atom. The number of hydrogen-bond acceptors (Lipinski definition) is 4. The lowest BCUT2D eigenvalue weighted by atomic mass is 9.94. The van der Waals surface area contributed by atoms with E-state index in [0.717, 1.165) is 25.7 Å². The van der Waals surface area contributed by atoms with Crippen molar-refractivity contribution in [3.63, 3.8) is 0 Å². The summed E-state index contributed by atoms with van der Waals surface area (Å²) in [6.45, 7) is 0. The predicted molar refractivity (Wildman–Crippen MR) is 113 cm³/mol. The number of amides is 2. The van der Waals surface area contributed by atoms with Crippen molar-refractivity contribution in [1.82, 2.24) is 10.3 Å². The van der Waals surface area contributed by atoms with Crippen LogP contribution in [0, 0.1) is 0 Å². The van der Waals surface area contributed by atoms with Crippen molar-refractivity contribution < 1.29 is 14.3 Å². The molecule has 2 aromatic rings. The number of hydrogen-bond donors (Lipinski definition) is 1. The standard InChI is InChI=1S/C22H26ClN3O3/c1-29-19-11-9-18(10-12-19)26(20(27)14-23)21(16-6-5-13-24-15-16)22(28)25-17-7-3-2-4-8-17/h5-6,9-13,15,17,21H,2-4,7-8,14H2,1H3,(H,25,28)/t21-/m1/s1. The first-order valence-electron chi connectivity index (χ1n) is 9.86. The van der Waals surface area contributed by atoms with Gasteiger partial charge in [-0.3, -0.25) is 19.5 Å². The molecule has 6 nitrogen and oxygen atoms in total. The lowest BCUT2D eigenvalue weighted by Crippen LogP contribution is -2.47. The number of aromatic nitrogens is 1. The maximum atomic E-state index is 13.4. The minimum atomic E-state index is -0.856. The average Bonchev–Trinajstić information content (AvgIpc) is 2.78. The zero-order valence-corrected chi connectivity index (χ0v) is 17.3. The van der Waals surface area contributed by atoms with Crippen molar-refractivity contribution >= 4 is 29.1 Å². The highest BCUT2D eigenvalue weighted by molar-refractivity contribution is 6.29. The second kappa shape index (κ2) is 10.3. The fourth-order valence-corrected chi connectivity index (χ4v) is 3.86. The maximum absolute atomic E-state index is 13.4. The van der Waals surface area contributed by atoms with Gasteiger partial charge in [0.2, 0.25) is 11.8 Å². The summed E-state index contributed by atoms with van der Waals surface area (Å²) >= 11 is 5.92. The number of alkyl halides is 1. The van der Waals surface area contributed by atoms with E-state index < -0.39 is 6.04 Å². The van der Waals surface area contributed by atoms with Gasteiger partial charge in [0.25, 0.3) is 0 Å². The van der Waals surface area contributed by atoms with Crippen molar-refractivity contribution in [1.29, 1.82) is 0 Å². The number of carbonyl (C=O) groups is 2. The van der Waals surface area contributed by atoms with E-state index in [1.807, 2.05) is 0 Å². The molecule has 1 N–H and O–H groups in total. The number of benzene rings is 1. The second-order valence-corrected chi connectivity index (χ2v) is 7.40. The molecule has 1 atom stereocenters. The zero-order chi connectivity index (χ0) is 20.6. The molecule has 154 valence electrons. The van der Waals surface area contributed by atoms with E-state index in [4.69, 9.17) is 16.3 Å². The molecule has 1 aromatic heterocycles. The Morgan fingerprint density at radius 2 is 1.93 bits per heavy atom. The third kappa shape index (κ3) is 5.26. The summed E-state index contributed by atoms with van der Waals surface area (Å²) in [5.41, 5.74) is 1.21. The molecular formula is C22H26ClN3O3. The topological polar surface area (TPSA) is 71.5 Å². The fourth-order valence-electron chi connectivity index (χ4n) is 3.73. The Morgan fingerprint density at radius 1 is 1.21 bits per heavy atom. The summed E-state index contributed by atoms with van der Waals surface area (Å²) in [6, 6.07) is 9.83. The molecular weight excluding hydrogens is 390 g/mol. The van der Waals surface area contributed by atoms with Crippen LogP contribution >= 0.6 is 11.6 Å². The molecule has 2 amide bonds. The van der Waals surface area contributed by atoms with E-state index in [9.17, 15) is 9.59 Å². The van der Waals surface area contributed by atoms with Crippen molar-refractivity contribution in [2.75, 3.05) is 17.9 Å². The van der Waals surface area contributed by atoms with Crippen LogP contribution in [0.15, 0.2) is 48.8 Å². The monoisotopic (exact) mass is 415 g/mol. The smallest absolute Gasteiger partial charge is 0.248 e. The fraction of sp³-hybridized carbons (Fsp3) is 0.409. The van der Waals surface area contributed by atoms with Crippen LogP contribution in [0.1, 0.15) is 43.7 Å². The van der Waals surface area contributed by atoms with Gasteiger partial charge in [-0.25, -0.2) is 0 Å². The Labute approximate surface area is 176 Å². The van der Waals surface area contributed by atoms with Crippen LogP contribution < -0.4 is 15.0 Å². The Hall–Kier alpha value is -2.60. The first-order chi connectivity index (χ1) is 14.1. The molecule has 1 aliphatic rings. The molecule has 1 aliphatic carbocycles. The lowest BCUT2D eigenvalue weighted by molar-refractivity contribution is -0.126. The molecule has 0 saturated heterocycles. The van der Waals surface area contributed by atoms with Gasteiger partial charge in [-0.1, -0.05) is 25.3 Å². The number of ether oxygens (including phenoxy) is 1. The quantitative estimate of drug-likeness (QED) is 0.697. The highest BCUT2D eigenvalue weighted by Crippen LogP contribution is 2.30.